The minimum Gasteiger partial charge on any atom is -0.378 e. The Balaban J connectivity index is 1.56. The molecular formula is C20H20FN5O3S. The van der Waals surface area contributed by atoms with Crippen molar-refractivity contribution in [3.63, 3.8) is 0 Å². The number of nitriles is 1. The van der Waals surface area contributed by atoms with E-state index in [1.165, 1.54) is 16.7 Å². The number of thioether (sulfide) groups is 1. The fraction of sp³-hybridized carbons (Fsp3) is 0.400. The highest BCUT2D eigenvalue weighted by Crippen LogP contribution is 2.26. The predicted octanol–water partition coefficient (Wildman–Crippen LogP) is 1.37. The fourth-order valence-corrected chi connectivity index (χ4v) is 4.65. The number of halogens is 1. The van der Waals surface area contributed by atoms with E-state index in [1.54, 1.807) is 12.1 Å². The normalized spacial score (nSPS) is 19.0. The van der Waals surface area contributed by atoms with Crippen LogP contribution in [0.15, 0.2) is 24.4 Å². The largest absolute Gasteiger partial charge is 0.378 e. The Morgan fingerprint density at radius 3 is 2.93 bits per heavy atom. The molecule has 3 heterocycles. The second-order valence-electron chi connectivity index (χ2n) is 6.97. The first-order valence-corrected chi connectivity index (χ1v) is 10.7. The van der Waals surface area contributed by atoms with Gasteiger partial charge in [-0.1, -0.05) is 0 Å². The lowest BCUT2D eigenvalue weighted by molar-refractivity contribution is -0.129. The second kappa shape index (κ2) is 8.85. The molecule has 0 radical (unpaired) electrons. The van der Waals surface area contributed by atoms with Crippen LogP contribution in [0, 0.1) is 17.1 Å². The van der Waals surface area contributed by atoms with E-state index >= 15 is 0 Å². The number of ether oxygens (including phenoxy) is 1. The molecule has 1 aromatic heterocycles. The first kappa shape index (κ1) is 20.4. The van der Waals surface area contributed by atoms with Crippen LogP contribution in [0.2, 0.25) is 0 Å². The highest BCUT2D eigenvalue weighted by atomic mass is 32.2. The summed E-state index contributed by atoms with van der Waals surface area (Å²) in [6, 6.07) is 6.95. The smallest absolute Gasteiger partial charge is 0.255 e. The lowest BCUT2D eigenvalue weighted by Gasteiger charge is -2.29. The van der Waals surface area contributed by atoms with Crippen molar-refractivity contribution < 1.29 is 18.7 Å². The minimum atomic E-state index is -0.752. The standard InChI is InChI=1S/C20H20FN5O3S/c21-16-9-23-17-2-1-13(25-3-5-29-6-4-25)7-15(17)19(16)20(28)24-10-18(27)26-12-30-11-14(26)8-22/h1-2,7,9,14H,3-6,10-12H2,(H,24,28)/t14-/m1/s1. The maximum absolute atomic E-state index is 14.6. The number of carbonyl (C=O) groups is 2. The molecule has 0 saturated carbocycles. The van der Waals surface area contributed by atoms with Crippen molar-refractivity contribution in [1.82, 2.24) is 15.2 Å². The maximum atomic E-state index is 14.6. The number of amides is 2. The summed E-state index contributed by atoms with van der Waals surface area (Å²) in [5.74, 6) is -0.856. The Bertz CT molecular complexity index is 1020. The monoisotopic (exact) mass is 429 g/mol. The second-order valence-corrected chi connectivity index (χ2v) is 7.97. The third-order valence-electron chi connectivity index (χ3n) is 5.16. The number of nitrogens with zero attached hydrogens (tertiary/aromatic N) is 4. The highest BCUT2D eigenvalue weighted by Gasteiger charge is 2.29. The van der Waals surface area contributed by atoms with E-state index in [9.17, 15) is 14.0 Å². The van der Waals surface area contributed by atoms with Gasteiger partial charge < -0.3 is 19.9 Å². The summed E-state index contributed by atoms with van der Waals surface area (Å²) in [6.45, 7) is 2.32. The van der Waals surface area contributed by atoms with Crippen LogP contribution < -0.4 is 10.2 Å². The van der Waals surface area contributed by atoms with Crippen LogP contribution in [-0.4, -0.2) is 72.2 Å². The zero-order chi connectivity index (χ0) is 21.1. The lowest BCUT2D eigenvalue weighted by atomic mass is 10.1. The SMILES string of the molecule is N#C[C@@H]1CSCN1C(=O)CNC(=O)c1c(F)cnc2ccc(N3CCOCC3)cc12. The third kappa shape index (κ3) is 4.04. The number of morpholine rings is 1. The molecule has 4 rings (SSSR count). The fourth-order valence-electron chi connectivity index (χ4n) is 3.55. The lowest BCUT2D eigenvalue weighted by Crippen LogP contribution is -2.42. The molecule has 0 unspecified atom stereocenters. The number of benzene rings is 1. The number of hydrogen-bond donors (Lipinski definition) is 1. The van der Waals surface area contributed by atoms with Gasteiger partial charge in [0.1, 0.15) is 6.04 Å². The zero-order valence-electron chi connectivity index (χ0n) is 16.1. The molecule has 2 aromatic rings. The average molecular weight is 429 g/mol. The van der Waals surface area contributed by atoms with Gasteiger partial charge in [0.25, 0.3) is 5.91 Å². The van der Waals surface area contributed by atoms with Crippen LogP contribution in [0.4, 0.5) is 10.1 Å². The van der Waals surface area contributed by atoms with Gasteiger partial charge in [-0.2, -0.15) is 5.26 Å². The van der Waals surface area contributed by atoms with Crippen molar-refractivity contribution in [3.05, 3.63) is 35.8 Å². The molecule has 8 nitrogen and oxygen atoms in total. The Hall–Kier alpha value is -2.90. The topological polar surface area (TPSA) is 98.6 Å². The Morgan fingerprint density at radius 1 is 1.37 bits per heavy atom. The van der Waals surface area contributed by atoms with Crippen molar-refractivity contribution >= 4 is 40.2 Å². The molecule has 10 heteroatoms. The summed E-state index contributed by atoms with van der Waals surface area (Å²) in [5.41, 5.74) is 1.20. The first-order valence-electron chi connectivity index (χ1n) is 9.54. The molecule has 2 aliphatic heterocycles. The van der Waals surface area contributed by atoms with Crippen LogP contribution in [0.1, 0.15) is 10.4 Å². The molecule has 30 heavy (non-hydrogen) atoms. The Kier molecular flexibility index (Phi) is 6.01. The van der Waals surface area contributed by atoms with E-state index < -0.39 is 17.8 Å². The minimum absolute atomic E-state index is 0.143. The van der Waals surface area contributed by atoms with E-state index in [2.05, 4.69) is 21.3 Å². The Labute approximate surface area is 177 Å². The summed E-state index contributed by atoms with van der Waals surface area (Å²) in [6.07, 6.45) is 1.01. The van der Waals surface area contributed by atoms with Crippen LogP contribution in [0.5, 0.6) is 0 Å². The van der Waals surface area contributed by atoms with E-state index in [4.69, 9.17) is 10.00 Å². The van der Waals surface area contributed by atoms with Crippen LogP contribution in [0.3, 0.4) is 0 Å². The van der Waals surface area contributed by atoms with E-state index in [1.807, 2.05) is 6.07 Å². The summed E-state index contributed by atoms with van der Waals surface area (Å²) in [5, 5.41) is 12.0. The Morgan fingerprint density at radius 2 is 2.17 bits per heavy atom. The molecule has 2 amide bonds. The molecule has 0 spiro atoms. The number of fused-ring (bicyclic) bond motifs is 1. The number of hydrogen-bond acceptors (Lipinski definition) is 7. The average Bonchev–Trinajstić information content (AvgIpc) is 3.26. The quantitative estimate of drug-likeness (QED) is 0.784. The first-order chi connectivity index (χ1) is 14.6. The van der Waals surface area contributed by atoms with Crippen molar-refractivity contribution in [2.45, 2.75) is 6.04 Å². The molecular weight excluding hydrogens is 409 g/mol. The number of carbonyl (C=O) groups excluding carboxylic acids is 2. The van der Waals surface area contributed by atoms with Crippen molar-refractivity contribution in [2.75, 3.05) is 49.4 Å². The summed E-state index contributed by atoms with van der Waals surface area (Å²) < 4.78 is 20.0. The van der Waals surface area contributed by atoms with E-state index in [-0.39, 0.29) is 18.0 Å². The van der Waals surface area contributed by atoms with Gasteiger partial charge in [0, 0.05) is 29.9 Å². The number of aromatic nitrogens is 1. The summed E-state index contributed by atoms with van der Waals surface area (Å²) in [7, 11) is 0. The zero-order valence-corrected chi connectivity index (χ0v) is 17.0. The van der Waals surface area contributed by atoms with Crippen molar-refractivity contribution in [1.29, 1.82) is 5.26 Å². The highest BCUT2D eigenvalue weighted by molar-refractivity contribution is 7.99. The van der Waals surface area contributed by atoms with Gasteiger partial charge in [-0.05, 0) is 18.2 Å². The maximum Gasteiger partial charge on any atom is 0.255 e. The molecule has 2 aliphatic rings. The van der Waals surface area contributed by atoms with Crippen LogP contribution in [-0.2, 0) is 9.53 Å². The van der Waals surface area contributed by atoms with Gasteiger partial charge in [0.15, 0.2) is 5.82 Å². The van der Waals surface area contributed by atoms with Gasteiger partial charge in [0.05, 0.1) is 49.0 Å². The molecule has 1 aromatic carbocycles. The van der Waals surface area contributed by atoms with Crippen LogP contribution in [0.25, 0.3) is 10.9 Å². The predicted molar refractivity (Wildman–Crippen MR) is 111 cm³/mol. The van der Waals surface area contributed by atoms with Gasteiger partial charge in [-0.25, -0.2) is 4.39 Å². The third-order valence-corrected chi connectivity index (χ3v) is 6.17. The number of rotatable bonds is 4. The van der Waals surface area contributed by atoms with Gasteiger partial charge >= 0.3 is 0 Å². The molecule has 0 bridgehead atoms. The van der Waals surface area contributed by atoms with E-state index in [0.717, 1.165) is 11.9 Å². The van der Waals surface area contributed by atoms with Crippen molar-refractivity contribution in [2.24, 2.45) is 0 Å². The molecule has 1 N–H and O–H groups in total. The van der Waals surface area contributed by atoms with Gasteiger partial charge in [-0.15, -0.1) is 11.8 Å². The van der Waals surface area contributed by atoms with Crippen LogP contribution >= 0.6 is 11.8 Å². The summed E-state index contributed by atoms with van der Waals surface area (Å²) >= 11 is 1.48. The molecule has 2 saturated heterocycles. The summed E-state index contributed by atoms with van der Waals surface area (Å²) in [4.78, 5) is 32.8. The number of nitrogens with one attached hydrogen (secondary N) is 1. The van der Waals surface area contributed by atoms with E-state index in [0.29, 0.717) is 48.8 Å². The molecule has 2 fully saturated rings. The molecule has 1 atom stereocenters. The molecule has 156 valence electrons. The molecule has 0 aliphatic carbocycles. The van der Waals surface area contributed by atoms with Gasteiger partial charge in [0.2, 0.25) is 5.91 Å². The van der Waals surface area contributed by atoms with Gasteiger partial charge in [-0.3, -0.25) is 14.6 Å². The number of pyridine rings is 1. The van der Waals surface area contributed by atoms with Crippen molar-refractivity contribution in [3.8, 4) is 6.07 Å². The number of anilines is 1.